The lowest BCUT2D eigenvalue weighted by Gasteiger charge is -2.16. The van der Waals surface area contributed by atoms with E-state index in [0.29, 0.717) is 0 Å². The van der Waals surface area contributed by atoms with Crippen LogP contribution in [0.3, 0.4) is 0 Å². The summed E-state index contributed by atoms with van der Waals surface area (Å²) in [5, 5.41) is 4.52. The summed E-state index contributed by atoms with van der Waals surface area (Å²) < 4.78 is 43.5. The van der Waals surface area contributed by atoms with E-state index in [-0.39, 0.29) is 17.7 Å². The fraction of sp³-hybridized carbons (Fsp3) is 0.250. The molecule has 2 amide bonds. The van der Waals surface area contributed by atoms with Gasteiger partial charge in [0.05, 0.1) is 29.0 Å². The van der Waals surface area contributed by atoms with Crippen molar-refractivity contribution in [1.29, 1.82) is 0 Å². The summed E-state index contributed by atoms with van der Waals surface area (Å²) in [4.78, 5) is 23.9. The van der Waals surface area contributed by atoms with E-state index in [0.717, 1.165) is 18.4 Å². The highest BCUT2D eigenvalue weighted by Gasteiger charge is 2.56. The molecule has 1 atom stereocenters. The van der Waals surface area contributed by atoms with Crippen molar-refractivity contribution in [2.75, 3.05) is 10.6 Å². The summed E-state index contributed by atoms with van der Waals surface area (Å²) in [6.45, 7) is 0. The van der Waals surface area contributed by atoms with Gasteiger partial charge in [-0.15, -0.1) is 23.2 Å². The number of rotatable bonds is 4. The van der Waals surface area contributed by atoms with Crippen molar-refractivity contribution in [3.63, 3.8) is 0 Å². The first-order chi connectivity index (χ1) is 12.1. The Balaban J connectivity index is 1.82. The lowest BCUT2D eigenvalue weighted by atomic mass is 10.1. The highest BCUT2D eigenvalue weighted by molar-refractivity contribution is 6.52. The van der Waals surface area contributed by atoms with Crippen molar-refractivity contribution in [1.82, 2.24) is 0 Å². The third-order valence-electron chi connectivity index (χ3n) is 3.77. The number of nitrogens with one attached hydrogen (secondary N) is 2. The van der Waals surface area contributed by atoms with Crippen LogP contribution >= 0.6 is 23.2 Å². The van der Waals surface area contributed by atoms with E-state index in [9.17, 15) is 22.8 Å². The Labute approximate surface area is 155 Å². The second-order valence-electron chi connectivity index (χ2n) is 5.73. The van der Waals surface area contributed by atoms with Crippen molar-refractivity contribution >= 4 is 46.4 Å². The summed E-state index contributed by atoms with van der Waals surface area (Å²) in [5.41, 5.74) is -1.48. The van der Waals surface area contributed by atoms with Crippen LogP contribution in [0.15, 0.2) is 41.2 Å². The number of anilines is 2. The Morgan fingerprint density at radius 1 is 1.19 bits per heavy atom. The van der Waals surface area contributed by atoms with E-state index in [1.807, 2.05) is 0 Å². The molecule has 0 bridgehead atoms. The largest absolute Gasteiger partial charge is 0.472 e. The van der Waals surface area contributed by atoms with Crippen molar-refractivity contribution in [3.05, 3.63) is 47.9 Å². The van der Waals surface area contributed by atoms with Crippen LogP contribution in [0.5, 0.6) is 0 Å². The zero-order chi connectivity index (χ0) is 19.1. The molecule has 0 radical (unpaired) electrons. The Morgan fingerprint density at radius 2 is 1.88 bits per heavy atom. The molecule has 0 spiro atoms. The van der Waals surface area contributed by atoms with E-state index < -0.39 is 39.5 Å². The Bertz CT molecular complexity index is 851. The van der Waals surface area contributed by atoms with Gasteiger partial charge in [0.1, 0.15) is 10.6 Å². The van der Waals surface area contributed by atoms with E-state index in [1.54, 1.807) is 0 Å². The summed E-state index contributed by atoms with van der Waals surface area (Å²) in [7, 11) is 0. The van der Waals surface area contributed by atoms with Crippen molar-refractivity contribution in [3.8, 4) is 0 Å². The van der Waals surface area contributed by atoms with Gasteiger partial charge in [0.25, 0.3) is 5.91 Å². The molecule has 2 aromatic rings. The van der Waals surface area contributed by atoms with Gasteiger partial charge in [-0.1, -0.05) is 0 Å². The van der Waals surface area contributed by atoms with E-state index >= 15 is 0 Å². The second-order valence-corrected chi connectivity index (χ2v) is 7.27. The first-order valence-corrected chi connectivity index (χ1v) is 8.07. The normalized spacial score (nSPS) is 18.3. The zero-order valence-electron chi connectivity index (χ0n) is 12.9. The lowest BCUT2D eigenvalue weighted by molar-refractivity contribution is -0.136. The Kier molecular flexibility index (Phi) is 4.66. The van der Waals surface area contributed by atoms with Gasteiger partial charge >= 0.3 is 6.18 Å². The number of alkyl halides is 5. The number of benzene rings is 1. The molecule has 10 heteroatoms. The molecule has 138 valence electrons. The van der Waals surface area contributed by atoms with Crippen LogP contribution in [0.25, 0.3) is 0 Å². The first kappa shape index (κ1) is 18.6. The molecule has 1 fully saturated rings. The van der Waals surface area contributed by atoms with Gasteiger partial charge in [0.15, 0.2) is 0 Å². The summed E-state index contributed by atoms with van der Waals surface area (Å²) in [6, 6.07) is 4.40. The van der Waals surface area contributed by atoms with Gasteiger partial charge in [0, 0.05) is 5.69 Å². The third kappa shape index (κ3) is 3.96. The molecule has 5 nitrogen and oxygen atoms in total. The lowest BCUT2D eigenvalue weighted by Crippen LogP contribution is -2.20. The van der Waals surface area contributed by atoms with Crippen molar-refractivity contribution < 1.29 is 27.2 Å². The molecule has 1 saturated carbocycles. The number of furan rings is 1. The first-order valence-electron chi connectivity index (χ1n) is 7.31. The summed E-state index contributed by atoms with van der Waals surface area (Å²) in [5.74, 6) is -2.10. The number of amides is 2. The molecular formula is C16H11Cl2F3N2O3. The van der Waals surface area contributed by atoms with Gasteiger partial charge in [-0.2, -0.15) is 13.2 Å². The molecule has 1 unspecified atom stereocenters. The third-order valence-corrected chi connectivity index (χ3v) is 4.60. The minimum Gasteiger partial charge on any atom is -0.472 e. The van der Waals surface area contributed by atoms with Gasteiger partial charge in [-0.3, -0.25) is 9.59 Å². The van der Waals surface area contributed by atoms with Crippen molar-refractivity contribution in [2.45, 2.75) is 16.9 Å². The molecule has 0 aliphatic heterocycles. The second kappa shape index (κ2) is 6.51. The smallest absolute Gasteiger partial charge is 0.418 e. The number of halogens is 5. The summed E-state index contributed by atoms with van der Waals surface area (Å²) in [6.07, 6.45) is -2.15. The van der Waals surface area contributed by atoms with Crippen LogP contribution in [0.4, 0.5) is 24.5 Å². The predicted molar refractivity (Wildman–Crippen MR) is 89.3 cm³/mol. The Hall–Kier alpha value is -2.19. The molecule has 0 saturated heterocycles. The van der Waals surface area contributed by atoms with Crippen LogP contribution < -0.4 is 10.6 Å². The summed E-state index contributed by atoms with van der Waals surface area (Å²) >= 11 is 11.5. The molecule has 1 aliphatic rings. The number of carbonyl (C=O) groups is 2. The molecule has 26 heavy (non-hydrogen) atoms. The molecule has 1 aliphatic carbocycles. The number of hydrogen-bond donors (Lipinski definition) is 2. The van der Waals surface area contributed by atoms with Crippen LogP contribution in [0, 0.1) is 5.92 Å². The molecule has 1 heterocycles. The minimum absolute atomic E-state index is 0.0861. The number of carbonyl (C=O) groups excluding carboxylic acids is 2. The van der Waals surface area contributed by atoms with Crippen LogP contribution in [0.1, 0.15) is 22.3 Å². The van der Waals surface area contributed by atoms with Gasteiger partial charge in [-0.05, 0) is 30.7 Å². The highest BCUT2D eigenvalue weighted by Crippen LogP contribution is 2.53. The highest BCUT2D eigenvalue weighted by atomic mass is 35.5. The average Bonchev–Trinajstić information content (AvgIpc) is 2.97. The van der Waals surface area contributed by atoms with Gasteiger partial charge < -0.3 is 15.1 Å². The van der Waals surface area contributed by atoms with Gasteiger partial charge in [0.2, 0.25) is 5.91 Å². The van der Waals surface area contributed by atoms with E-state index in [1.165, 1.54) is 18.4 Å². The molecule has 1 aromatic carbocycles. The predicted octanol–water partition coefficient (Wildman–Crippen LogP) is 4.68. The standard InChI is InChI=1S/C16H11Cl2F3N2O3/c17-15(18)6-11(15)14(25)23-12-2-1-9(5-10(12)16(19,20)21)22-13(24)8-3-4-26-7-8/h1-5,7,11H,6H2,(H,22,24)(H,23,25). The average molecular weight is 407 g/mol. The maximum atomic E-state index is 13.3. The van der Waals surface area contributed by atoms with E-state index in [2.05, 4.69) is 10.6 Å². The minimum atomic E-state index is -4.75. The van der Waals surface area contributed by atoms with Crippen LogP contribution in [-0.4, -0.2) is 16.1 Å². The molecular weight excluding hydrogens is 396 g/mol. The maximum Gasteiger partial charge on any atom is 0.418 e. The molecule has 3 rings (SSSR count). The quantitative estimate of drug-likeness (QED) is 0.723. The Morgan fingerprint density at radius 3 is 2.42 bits per heavy atom. The maximum absolute atomic E-state index is 13.3. The fourth-order valence-corrected chi connectivity index (χ4v) is 2.79. The fourth-order valence-electron chi connectivity index (χ4n) is 2.28. The topological polar surface area (TPSA) is 71.3 Å². The van der Waals surface area contributed by atoms with Crippen LogP contribution in [0.2, 0.25) is 0 Å². The SMILES string of the molecule is O=C(Nc1ccc(NC(=O)C2CC2(Cl)Cl)c(C(F)(F)F)c1)c1ccoc1. The monoisotopic (exact) mass is 406 g/mol. The zero-order valence-corrected chi connectivity index (χ0v) is 14.4. The van der Waals surface area contributed by atoms with E-state index in [4.69, 9.17) is 27.6 Å². The van der Waals surface area contributed by atoms with Gasteiger partial charge in [-0.25, -0.2) is 0 Å². The molecule has 2 N–H and O–H groups in total. The van der Waals surface area contributed by atoms with Crippen LogP contribution in [-0.2, 0) is 11.0 Å². The molecule has 1 aromatic heterocycles. The van der Waals surface area contributed by atoms with Crippen molar-refractivity contribution in [2.24, 2.45) is 5.92 Å². The number of hydrogen-bond acceptors (Lipinski definition) is 3.